The van der Waals surface area contributed by atoms with Crippen LogP contribution in [0.2, 0.25) is 0 Å². The lowest BCUT2D eigenvalue weighted by Gasteiger charge is -2.54. The molecular formula is C27H28F2N2. The molecular weight excluding hydrogens is 390 g/mol. The minimum Gasteiger partial charge on any atom is -0.308 e. The molecule has 3 fully saturated rings. The fourth-order valence-electron chi connectivity index (χ4n) is 5.55. The van der Waals surface area contributed by atoms with Crippen LogP contribution in [-0.2, 0) is 6.54 Å². The van der Waals surface area contributed by atoms with Crippen molar-refractivity contribution in [3.05, 3.63) is 107 Å². The van der Waals surface area contributed by atoms with Crippen molar-refractivity contribution in [1.29, 1.82) is 0 Å². The van der Waals surface area contributed by atoms with Gasteiger partial charge in [0.05, 0.1) is 0 Å². The molecule has 0 saturated carbocycles. The van der Waals surface area contributed by atoms with E-state index in [-0.39, 0.29) is 23.6 Å². The first-order valence-electron chi connectivity index (χ1n) is 11.2. The zero-order chi connectivity index (χ0) is 21.2. The number of rotatable bonds is 6. The van der Waals surface area contributed by atoms with Crippen molar-refractivity contribution in [1.82, 2.24) is 10.2 Å². The summed E-state index contributed by atoms with van der Waals surface area (Å²) in [5, 5.41) is 3.87. The van der Waals surface area contributed by atoms with Crippen LogP contribution in [0, 0.1) is 17.6 Å². The molecule has 2 nitrogen and oxygen atoms in total. The summed E-state index contributed by atoms with van der Waals surface area (Å²) >= 11 is 0. The Morgan fingerprint density at radius 3 is 1.87 bits per heavy atom. The molecule has 0 aliphatic carbocycles. The molecule has 2 atom stereocenters. The Bertz CT molecular complexity index is 935. The number of benzene rings is 3. The van der Waals surface area contributed by atoms with Crippen molar-refractivity contribution in [2.24, 2.45) is 5.92 Å². The third kappa shape index (κ3) is 4.28. The summed E-state index contributed by atoms with van der Waals surface area (Å²) in [4.78, 5) is 2.58. The average Bonchev–Trinajstić information content (AvgIpc) is 2.82. The molecule has 3 saturated heterocycles. The van der Waals surface area contributed by atoms with Gasteiger partial charge in [-0.15, -0.1) is 0 Å². The van der Waals surface area contributed by atoms with Crippen LogP contribution in [-0.4, -0.2) is 30.1 Å². The molecule has 3 aliphatic rings. The van der Waals surface area contributed by atoms with Crippen molar-refractivity contribution in [3.63, 3.8) is 0 Å². The van der Waals surface area contributed by atoms with E-state index in [4.69, 9.17) is 0 Å². The molecule has 0 unspecified atom stereocenters. The van der Waals surface area contributed by atoms with Gasteiger partial charge in [-0.1, -0.05) is 54.6 Å². The normalized spacial score (nSPS) is 25.1. The van der Waals surface area contributed by atoms with E-state index in [1.807, 2.05) is 30.3 Å². The lowest BCUT2D eigenvalue weighted by Crippen LogP contribution is -2.64. The molecule has 160 valence electrons. The number of halogens is 2. The van der Waals surface area contributed by atoms with Crippen molar-refractivity contribution >= 4 is 0 Å². The zero-order valence-corrected chi connectivity index (χ0v) is 17.6. The number of hydrogen-bond acceptors (Lipinski definition) is 2. The lowest BCUT2D eigenvalue weighted by atomic mass is 9.70. The monoisotopic (exact) mass is 418 g/mol. The van der Waals surface area contributed by atoms with Crippen molar-refractivity contribution in [2.45, 2.75) is 37.4 Å². The number of nitrogens with one attached hydrogen (secondary N) is 1. The molecule has 0 spiro atoms. The van der Waals surface area contributed by atoms with E-state index < -0.39 is 0 Å². The van der Waals surface area contributed by atoms with Crippen LogP contribution in [0.1, 0.15) is 35.4 Å². The van der Waals surface area contributed by atoms with E-state index in [1.54, 1.807) is 0 Å². The molecule has 3 aromatic carbocycles. The summed E-state index contributed by atoms with van der Waals surface area (Å²) in [7, 11) is 0. The summed E-state index contributed by atoms with van der Waals surface area (Å²) in [6.45, 7) is 2.99. The molecule has 0 radical (unpaired) electrons. The Kier molecular flexibility index (Phi) is 5.84. The van der Waals surface area contributed by atoms with E-state index in [0.29, 0.717) is 12.0 Å². The molecule has 1 N–H and O–H groups in total. The third-order valence-electron chi connectivity index (χ3n) is 7.06. The minimum atomic E-state index is -0.231. The quantitative estimate of drug-likeness (QED) is 0.581. The highest BCUT2D eigenvalue weighted by molar-refractivity contribution is 5.36. The van der Waals surface area contributed by atoms with Gasteiger partial charge in [0, 0.05) is 24.5 Å². The van der Waals surface area contributed by atoms with E-state index in [1.165, 1.54) is 42.7 Å². The number of piperidine rings is 3. The molecule has 0 amide bonds. The fourth-order valence-corrected chi connectivity index (χ4v) is 5.55. The maximum absolute atomic E-state index is 13.7. The van der Waals surface area contributed by atoms with Gasteiger partial charge in [-0.25, -0.2) is 8.78 Å². The van der Waals surface area contributed by atoms with Gasteiger partial charge < -0.3 is 5.32 Å². The third-order valence-corrected chi connectivity index (χ3v) is 7.06. The van der Waals surface area contributed by atoms with Crippen LogP contribution in [0.25, 0.3) is 0 Å². The summed E-state index contributed by atoms with van der Waals surface area (Å²) < 4.78 is 27.4. The summed E-state index contributed by atoms with van der Waals surface area (Å²) in [6, 6.07) is 24.8. The van der Waals surface area contributed by atoms with Gasteiger partial charge in [0.2, 0.25) is 0 Å². The van der Waals surface area contributed by atoms with Gasteiger partial charge in [0.1, 0.15) is 11.6 Å². The Balaban J connectivity index is 1.51. The van der Waals surface area contributed by atoms with Gasteiger partial charge in [-0.05, 0) is 72.8 Å². The summed E-state index contributed by atoms with van der Waals surface area (Å²) in [6.07, 6.45) is 2.39. The van der Waals surface area contributed by atoms with Crippen molar-refractivity contribution in [2.75, 3.05) is 13.1 Å². The molecule has 3 aromatic rings. The molecule has 31 heavy (non-hydrogen) atoms. The van der Waals surface area contributed by atoms with Crippen LogP contribution < -0.4 is 5.32 Å². The Labute approximate surface area is 182 Å². The van der Waals surface area contributed by atoms with Gasteiger partial charge in [-0.3, -0.25) is 4.90 Å². The number of nitrogens with zero attached hydrogens (tertiary/aromatic N) is 1. The van der Waals surface area contributed by atoms with E-state index in [9.17, 15) is 8.78 Å². The second-order valence-corrected chi connectivity index (χ2v) is 8.84. The van der Waals surface area contributed by atoms with E-state index in [2.05, 4.69) is 34.5 Å². The first-order chi connectivity index (χ1) is 15.2. The standard InChI is InChI=1S/C27H28F2N2/c28-23-10-6-20(7-11-23)25(21-8-12-24(29)13-9-21)27-26(22-14-16-31(27)17-15-22)30-18-19-4-2-1-3-5-19/h1-13,22,25-27,30H,14-18H2/t26-,27-/m1/s1. The van der Waals surface area contributed by atoms with Crippen molar-refractivity contribution in [3.8, 4) is 0 Å². The van der Waals surface area contributed by atoms with Gasteiger partial charge in [0.15, 0.2) is 0 Å². The number of hydrogen-bond donors (Lipinski definition) is 1. The molecule has 4 heteroatoms. The second-order valence-electron chi connectivity index (χ2n) is 8.84. The van der Waals surface area contributed by atoms with Crippen LogP contribution in [0.5, 0.6) is 0 Å². The largest absolute Gasteiger partial charge is 0.308 e. The van der Waals surface area contributed by atoms with E-state index >= 15 is 0 Å². The summed E-state index contributed by atoms with van der Waals surface area (Å²) in [5.74, 6) is 0.205. The average molecular weight is 419 g/mol. The maximum Gasteiger partial charge on any atom is 0.123 e. The topological polar surface area (TPSA) is 15.3 Å². The smallest absolute Gasteiger partial charge is 0.123 e. The van der Waals surface area contributed by atoms with Crippen LogP contribution in [0.4, 0.5) is 8.78 Å². The number of fused-ring (bicyclic) bond motifs is 3. The maximum atomic E-state index is 13.7. The van der Waals surface area contributed by atoms with E-state index in [0.717, 1.165) is 30.8 Å². The predicted octanol–water partition coefficient (Wildman–Crippen LogP) is 5.35. The SMILES string of the molecule is Fc1ccc(C(c2ccc(F)cc2)[C@@H]2[C@H](NCc3ccccc3)C3CCN2CC3)cc1. The Morgan fingerprint density at radius 2 is 1.32 bits per heavy atom. The van der Waals surface area contributed by atoms with Gasteiger partial charge in [-0.2, -0.15) is 0 Å². The molecule has 6 rings (SSSR count). The van der Waals surface area contributed by atoms with Crippen molar-refractivity contribution < 1.29 is 8.78 Å². The predicted molar refractivity (Wildman–Crippen MR) is 120 cm³/mol. The van der Waals surface area contributed by atoms with Gasteiger partial charge >= 0.3 is 0 Å². The first-order valence-corrected chi connectivity index (χ1v) is 11.2. The highest BCUT2D eigenvalue weighted by atomic mass is 19.1. The summed E-state index contributed by atoms with van der Waals surface area (Å²) in [5.41, 5.74) is 3.44. The molecule has 3 heterocycles. The molecule has 0 aromatic heterocycles. The lowest BCUT2D eigenvalue weighted by molar-refractivity contribution is 0.00466. The Morgan fingerprint density at radius 1 is 0.774 bits per heavy atom. The Hall–Kier alpha value is -2.56. The second kappa shape index (κ2) is 8.89. The molecule has 2 bridgehead atoms. The zero-order valence-electron chi connectivity index (χ0n) is 17.6. The van der Waals surface area contributed by atoms with Crippen LogP contribution in [0.3, 0.4) is 0 Å². The highest BCUT2D eigenvalue weighted by Crippen LogP contribution is 2.42. The minimum absolute atomic E-state index is 0.0533. The first kappa shape index (κ1) is 20.3. The van der Waals surface area contributed by atoms with Crippen LogP contribution in [0.15, 0.2) is 78.9 Å². The van der Waals surface area contributed by atoms with Crippen LogP contribution >= 0.6 is 0 Å². The fraction of sp³-hybridized carbons (Fsp3) is 0.333. The highest BCUT2D eigenvalue weighted by Gasteiger charge is 2.46. The van der Waals surface area contributed by atoms with Gasteiger partial charge in [0.25, 0.3) is 0 Å². The molecule has 3 aliphatic heterocycles.